The molecule has 4 N–H and O–H groups in total. The first kappa shape index (κ1) is 34.7. The van der Waals surface area contributed by atoms with Crippen molar-refractivity contribution in [3.63, 3.8) is 0 Å². The number of nitrogens with two attached hydrogens (primary N) is 1. The summed E-state index contributed by atoms with van der Waals surface area (Å²) in [5.41, 5.74) is 14.0. The minimum atomic E-state index is -0.337. The summed E-state index contributed by atoms with van der Waals surface area (Å²) in [6.45, 7) is 2.07. The lowest BCUT2D eigenvalue weighted by atomic mass is 9.79. The van der Waals surface area contributed by atoms with E-state index in [1.165, 1.54) is 27.8 Å². The van der Waals surface area contributed by atoms with Gasteiger partial charge in [-0.3, -0.25) is 4.79 Å². The zero-order valence-electron chi connectivity index (χ0n) is 28.3. The highest BCUT2D eigenvalue weighted by Crippen LogP contribution is 2.49. The molecule has 5 aromatic rings. The minimum absolute atomic E-state index is 0.0502. The van der Waals surface area contributed by atoms with Crippen LogP contribution in [-0.2, 0) is 16.0 Å². The van der Waals surface area contributed by atoms with Gasteiger partial charge in [0.1, 0.15) is 0 Å². The summed E-state index contributed by atoms with van der Waals surface area (Å²) < 4.78 is -0.337. The van der Waals surface area contributed by atoms with E-state index in [-0.39, 0.29) is 16.7 Å². The van der Waals surface area contributed by atoms with E-state index in [2.05, 4.69) is 126 Å². The summed E-state index contributed by atoms with van der Waals surface area (Å²) in [6, 6.07) is 51.2. The Kier molecular flexibility index (Phi) is 12.4. The Bertz CT molecular complexity index is 1600. The van der Waals surface area contributed by atoms with Gasteiger partial charge in [-0.05, 0) is 103 Å². The Morgan fingerprint density at radius 3 is 1.76 bits per heavy atom. The van der Waals surface area contributed by atoms with Crippen LogP contribution < -0.4 is 16.4 Å². The van der Waals surface area contributed by atoms with Crippen molar-refractivity contribution < 1.29 is 4.79 Å². The van der Waals surface area contributed by atoms with Crippen molar-refractivity contribution in [2.24, 2.45) is 17.6 Å². The number of para-hydroxylation sites is 1. The summed E-state index contributed by atoms with van der Waals surface area (Å²) >= 11 is 1.97. The number of carbonyl (C=O) groups is 1. The van der Waals surface area contributed by atoms with E-state index in [9.17, 15) is 4.79 Å². The zero-order valence-corrected chi connectivity index (χ0v) is 29.2. The fraction of sp³-hybridized carbons (Fsp3) is 0.295. The van der Waals surface area contributed by atoms with E-state index in [4.69, 9.17) is 5.73 Å². The number of thioether (sulfide) groups is 1. The maximum atomic E-state index is 13.0. The van der Waals surface area contributed by atoms with Crippen molar-refractivity contribution in [2.45, 2.75) is 49.3 Å². The Morgan fingerprint density at radius 1 is 0.714 bits per heavy atom. The highest BCUT2D eigenvalue weighted by molar-refractivity contribution is 8.00. The van der Waals surface area contributed by atoms with Crippen LogP contribution in [0.25, 0.3) is 0 Å². The number of rotatable bonds is 15. The SMILES string of the molecule is NC(CCSC(c1ccccc1)(c1ccccc1)c1ccccc1)c1ccc(CCC(CC(=O)Nc2ccccc2)C2CCNCC2)cc1. The maximum absolute atomic E-state index is 13.0. The van der Waals surface area contributed by atoms with E-state index in [0.717, 1.165) is 56.6 Å². The number of nitrogens with one attached hydrogen (secondary N) is 2. The molecule has 1 saturated heterocycles. The lowest BCUT2D eigenvalue weighted by molar-refractivity contribution is -0.117. The molecule has 2 atom stereocenters. The number of benzene rings is 5. The standard InChI is InChI=1S/C44H49N3OS/c45-42(29-32-49-44(38-13-5-1-6-14-38,39-15-7-2-8-16-39)40-17-9-3-10-18-40)36-24-21-34(22-25-36)23-26-37(35-27-30-46-31-28-35)33-43(48)47-41-19-11-4-12-20-41/h1-22,24-25,35,37,42,46H,23,26-33,45H2,(H,47,48). The van der Waals surface area contributed by atoms with Crippen LogP contribution in [0.5, 0.6) is 0 Å². The van der Waals surface area contributed by atoms with Crippen LogP contribution in [0.3, 0.4) is 0 Å². The average Bonchev–Trinajstić information content (AvgIpc) is 3.17. The molecule has 0 spiro atoms. The summed E-state index contributed by atoms with van der Waals surface area (Å²) in [6.07, 6.45) is 5.68. The van der Waals surface area contributed by atoms with Crippen LogP contribution in [0.15, 0.2) is 146 Å². The topological polar surface area (TPSA) is 67.2 Å². The van der Waals surface area contributed by atoms with Gasteiger partial charge in [0, 0.05) is 18.2 Å². The molecule has 49 heavy (non-hydrogen) atoms. The number of piperidine rings is 1. The van der Waals surface area contributed by atoms with Crippen molar-refractivity contribution in [3.05, 3.63) is 173 Å². The van der Waals surface area contributed by atoms with Gasteiger partial charge in [0.2, 0.25) is 5.91 Å². The molecular formula is C44H49N3OS. The van der Waals surface area contributed by atoms with Gasteiger partial charge in [-0.1, -0.05) is 133 Å². The number of hydrogen-bond acceptors (Lipinski definition) is 4. The molecule has 0 radical (unpaired) electrons. The van der Waals surface area contributed by atoms with Gasteiger partial charge in [0.05, 0.1) is 4.75 Å². The van der Waals surface area contributed by atoms with Gasteiger partial charge in [-0.25, -0.2) is 0 Å². The Balaban J connectivity index is 1.10. The number of carbonyl (C=O) groups excluding carboxylic acids is 1. The first-order chi connectivity index (χ1) is 24.1. The summed E-state index contributed by atoms with van der Waals surface area (Å²) in [7, 11) is 0. The van der Waals surface area contributed by atoms with Crippen LogP contribution in [0.4, 0.5) is 5.69 Å². The minimum Gasteiger partial charge on any atom is -0.326 e. The third kappa shape index (κ3) is 9.10. The second-order valence-corrected chi connectivity index (χ2v) is 14.6. The number of amides is 1. The summed E-state index contributed by atoms with van der Waals surface area (Å²) in [5, 5.41) is 6.60. The molecule has 1 heterocycles. The van der Waals surface area contributed by atoms with Crippen molar-refractivity contribution in [1.29, 1.82) is 0 Å². The van der Waals surface area contributed by atoms with E-state index in [0.29, 0.717) is 18.3 Å². The lowest BCUT2D eigenvalue weighted by Gasteiger charge is -2.36. The number of anilines is 1. The van der Waals surface area contributed by atoms with E-state index in [1.54, 1.807) is 0 Å². The molecule has 1 aliphatic rings. The molecule has 4 nitrogen and oxygen atoms in total. The van der Waals surface area contributed by atoms with E-state index >= 15 is 0 Å². The number of hydrogen-bond donors (Lipinski definition) is 3. The molecule has 252 valence electrons. The van der Waals surface area contributed by atoms with Crippen molar-refractivity contribution >= 4 is 23.4 Å². The average molecular weight is 668 g/mol. The molecule has 0 aromatic heterocycles. The molecule has 1 aliphatic heterocycles. The van der Waals surface area contributed by atoms with Gasteiger partial charge in [0.15, 0.2) is 0 Å². The largest absolute Gasteiger partial charge is 0.326 e. The molecule has 2 unspecified atom stereocenters. The highest BCUT2D eigenvalue weighted by Gasteiger charge is 2.36. The van der Waals surface area contributed by atoms with E-state index in [1.807, 2.05) is 42.1 Å². The van der Waals surface area contributed by atoms with Crippen LogP contribution >= 0.6 is 11.8 Å². The second kappa shape index (κ2) is 17.5. The summed E-state index contributed by atoms with van der Waals surface area (Å²) in [4.78, 5) is 13.0. The Labute approximate surface area is 296 Å². The fourth-order valence-electron chi connectivity index (χ4n) is 7.35. The smallest absolute Gasteiger partial charge is 0.224 e. The lowest BCUT2D eigenvalue weighted by Crippen LogP contribution is -2.33. The molecule has 5 aromatic carbocycles. The molecular weight excluding hydrogens is 619 g/mol. The predicted molar refractivity (Wildman–Crippen MR) is 207 cm³/mol. The van der Waals surface area contributed by atoms with E-state index < -0.39 is 0 Å². The maximum Gasteiger partial charge on any atom is 0.224 e. The molecule has 5 heteroatoms. The Hall–Kier alpha value is -4.16. The van der Waals surface area contributed by atoms with Gasteiger partial charge in [0.25, 0.3) is 0 Å². The predicted octanol–water partition coefficient (Wildman–Crippen LogP) is 9.38. The first-order valence-electron chi connectivity index (χ1n) is 17.8. The van der Waals surface area contributed by atoms with Crippen LogP contribution in [0.1, 0.15) is 66.0 Å². The van der Waals surface area contributed by atoms with Crippen LogP contribution in [0, 0.1) is 11.8 Å². The summed E-state index contributed by atoms with van der Waals surface area (Å²) in [5.74, 6) is 1.96. The second-order valence-electron chi connectivity index (χ2n) is 13.3. The molecule has 6 rings (SSSR count). The third-order valence-corrected chi connectivity index (χ3v) is 11.6. The van der Waals surface area contributed by atoms with Crippen LogP contribution in [-0.4, -0.2) is 24.7 Å². The monoisotopic (exact) mass is 667 g/mol. The van der Waals surface area contributed by atoms with Gasteiger partial charge < -0.3 is 16.4 Å². The molecule has 0 bridgehead atoms. The van der Waals surface area contributed by atoms with Crippen LogP contribution in [0.2, 0.25) is 0 Å². The zero-order chi connectivity index (χ0) is 33.7. The normalized spacial score (nSPS) is 15.0. The van der Waals surface area contributed by atoms with Gasteiger partial charge in [-0.15, -0.1) is 11.8 Å². The third-order valence-electron chi connectivity index (χ3n) is 10.1. The van der Waals surface area contributed by atoms with Gasteiger partial charge >= 0.3 is 0 Å². The highest BCUT2D eigenvalue weighted by atomic mass is 32.2. The first-order valence-corrected chi connectivity index (χ1v) is 18.8. The van der Waals surface area contributed by atoms with Crippen molar-refractivity contribution in [2.75, 3.05) is 24.2 Å². The van der Waals surface area contributed by atoms with Gasteiger partial charge in [-0.2, -0.15) is 0 Å². The van der Waals surface area contributed by atoms with Crippen molar-refractivity contribution in [1.82, 2.24) is 5.32 Å². The molecule has 0 aliphatic carbocycles. The molecule has 1 fully saturated rings. The quantitative estimate of drug-likeness (QED) is 0.0974. The number of aryl methyl sites for hydroxylation is 1. The van der Waals surface area contributed by atoms with Crippen molar-refractivity contribution in [3.8, 4) is 0 Å². The Morgan fingerprint density at radius 2 is 1.22 bits per heavy atom. The fourth-order valence-corrected chi connectivity index (χ4v) is 8.94. The molecule has 0 saturated carbocycles. The molecule has 1 amide bonds.